The number of hydrogen-bond acceptors (Lipinski definition) is 4. The summed E-state index contributed by atoms with van der Waals surface area (Å²) in [6, 6.07) is 9.66. The van der Waals surface area contributed by atoms with Gasteiger partial charge in [-0.05, 0) is 18.2 Å². The van der Waals surface area contributed by atoms with Crippen LogP contribution >= 0.6 is 15.9 Å². The Kier molecular flexibility index (Phi) is 4.68. The molecule has 2 rings (SSSR count). The first kappa shape index (κ1) is 14.5. The van der Waals surface area contributed by atoms with Gasteiger partial charge >= 0.3 is 5.97 Å². The fourth-order valence-corrected chi connectivity index (χ4v) is 2.10. The zero-order valence-electron chi connectivity index (χ0n) is 11.0. The highest BCUT2D eigenvalue weighted by atomic mass is 79.9. The van der Waals surface area contributed by atoms with Gasteiger partial charge in [0, 0.05) is 29.8 Å². The molecule has 0 atom stereocenters. The van der Waals surface area contributed by atoms with E-state index in [1.54, 1.807) is 18.1 Å². The van der Waals surface area contributed by atoms with Crippen LogP contribution in [0.15, 0.2) is 41.0 Å². The van der Waals surface area contributed by atoms with Crippen LogP contribution < -0.4 is 4.90 Å². The average Bonchev–Trinajstić information content (AvgIpc) is 2.45. The molecule has 6 heteroatoms. The van der Waals surface area contributed by atoms with Crippen LogP contribution in [0.25, 0.3) is 11.3 Å². The summed E-state index contributed by atoms with van der Waals surface area (Å²) in [5.74, 6) is -0.316. The molecule has 2 aromatic rings. The molecule has 104 valence electrons. The summed E-state index contributed by atoms with van der Waals surface area (Å²) in [6.45, 7) is 0.372. The molecule has 0 radical (unpaired) electrons. The molecule has 1 heterocycles. The largest absolute Gasteiger partial charge is 0.481 e. The molecule has 0 aliphatic rings. The van der Waals surface area contributed by atoms with Crippen molar-refractivity contribution in [3.05, 3.63) is 41.0 Å². The molecule has 0 amide bonds. The van der Waals surface area contributed by atoms with Gasteiger partial charge < -0.3 is 10.0 Å². The molecule has 20 heavy (non-hydrogen) atoms. The van der Waals surface area contributed by atoms with Gasteiger partial charge in [-0.15, -0.1) is 0 Å². The van der Waals surface area contributed by atoms with Crippen LogP contribution in [0.1, 0.15) is 6.42 Å². The molecule has 0 fully saturated rings. The number of aromatic nitrogens is 2. The van der Waals surface area contributed by atoms with Gasteiger partial charge in [-0.2, -0.15) is 0 Å². The van der Waals surface area contributed by atoms with Gasteiger partial charge in [0.25, 0.3) is 0 Å². The van der Waals surface area contributed by atoms with Crippen molar-refractivity contribution < 1.29 is 9.90 Å². The van der Waals surface area contributed by atoms with E-state index in [0.29, 0.717) is 12.5 Å². The van der Waals surface area contributed by atoms with Crippen LogP contribution in [0, 0.1) is 0 Å². The van der Waals surface area contributed by atoms with Crippen LogP contribution in [0.5, 0.6) is 0 Å². The van der Waals surface area contributed by atoms with Gasteiger partial charge in [0.15, 0.2) is 0 Å². The number of carboxylic acids is 1. The molecule has 0 spiro atoms. The van der Waals surface area contributed by atoms with E-state index in [0.717, 1.165) is 15.7 Å². The van der Waals surface area contributed by atoms with E-state index in [1.807, 2.05) is 30.3 Å². The second kappa shape index (κ2) is 6.47. The first-order valence-corrected chi connectivity index (χ1v) is 6.87. The third kappa shape index (κ3) is 3.77. The Morgan fingerprint density at radius 3 is 2.90 bits per heavy atom. The summed E-state index contributed by atoms with van der Waals surface area (Å²) in [7, 11) is 1.78. The van der Waals surface area contributed by atoms with Gasteiger partial charge in [0.2, 0.25) is 5.95 Å². The Morgan fingerprint density at radius 1 is 1.40 bits per heavy atom. The normalized spacial score (nSPS) is 10.3. The summed E-state index contributed by atoms with van der Waals surface area (Å²) in [5.41, 5.74) is 1.79. The lowest BCUT2D eigenvalue weighted by atomic mass is 10.1. The second-order valence-corrected chi connectivity index (χ2v) is 5.23. The Balaban J connectivity index is 2.21. The molecule has 0 bridgehead atoms. The van der Waals surface area contributed by atoms with E-state index in [4.69, 9.17) is 5.11 Å². The fourth-order valence-electron chi connectivity index (χ4n) is 1.70. The van der Waals surface area contributed by atoms with Crippen molar-refractivity contribution in [2.45, 2.75) is 6.42 Å². The van der Waals surface area contributed by atoms with Crippen LogP contribution in [-0.2, 0) is 4.79 Å². The smallest absolute Gasteiger partial charge is 0.305 e. The molecular formula is C14H14BrN3O2. The van der Waals surface area contributed by atoms with Crippen LogP contribution in [0.2, 0.25) is 0 Å². The van der Waals surface area contributed by atoms with Crippen LogP contribution in [0.3, 0.4) is 0 Å². The second-order valence-electron chi connectivity index (χ2n) is 4.32. The number of rotatable bonds is 5. The van der Waals surface area contributed by atoms with Gasteiger partial charge in [0.1, 0.15) is 0 Å². The number of benzene rings is 1. The lowest BCUT2D eigenvalue weighted by Gasteiger charge is -2.16. The lowest BCUT2D eigenvalue weighted by molar-refractivity contribution is -0.136. The quantitative estimate of drug-likeness (QED) is 0.909. The van der Waals surface area contributed by atoms with Gasteiger partial charge in [-0.25, -0.2) is 9.97 Å². The summed E-state index contributed by atoms with van der Waals surface area (Å²) in [6.07, 6.45) is 1.73. The minimum Gasteiger partial charge on any atom is -0.481 e. The number of hydrogen-bond donors (Lipinski definition) is 1. The van der Waals surface area contributed by atoms with Gasteiger partial charge in [-0.3, -0.25) is 4.79 Å². The Labute approximate surface area is 125 Å². The van der Waals surface area contributed by atoms with Gasteiger partial charge in [0.05, 0.1) is 12.1 Å². The summed E-state index contributed by atoms with van der Waals surface area (Å²) in [5, 5.41) is 8.70. The van der Waals surface area contributed by atoms with Crippen molar-refractivity contribution in [2.75, 3.05) is 18.5 Å². The average molecular weight is 336 g/mol. The number of halogens is 1. The number of carboxylic acid groups (broad SMARTS) is 1. The maximum absolute atomic E-state index is 10.6. The maximum Gasteiger partial charge on any atom is 0.305 e. The predicted octanol–water partition coefficient (Wildman–Crippen LogP) is 2.82. The van der Waals surface area contributed by atoms with E-state index in [2.05, 4.69) is 25.9 Å². The van der Waals surface area contributed by atoms with E-state index >= 15 is 0 Å². The van der Waals surface area contributed by atoms with Crippen molar-refractivity contribution in [1.29, 1.82) is 0 Å². The Morgan fingerprint density at radius 2 is 2.20 bits per heavy atom. The zero-order valence-corrected chi connectivity index (χ0v) is 12.5. The first-order valence-electron chi connectivity index (χ1n) is 6.08. The number of nitrogens with zero attached hydrogens (tertiary/aromatic N) is 3. The minimum absolute atomic E-state index is 0.0565. The highest BCUT2D eigenvalue weighted by molar-refractivity contribution is 9.10. The molecule has 5 nitrogen and oxygen atoms in total. The van der Waals surface area contributed by atoms with Crippen molar-refractivity contribution in [1.82, 2.24) is 9.97 Å². The molecule has 0 unspecified atom stereocenters. The Bertz CT molecular complexity index is 619. The summed E-state index contributed by atoms with van der Waals surface area (Å²) in [4.78, 5) is 21.0. The monoisotopic (exact) mass is 335 g/mol. The zero-order chi connectivity index (χ0) is 14.5. The topological polar surface area (TPSA) is 66.3 Å². The van der Waals surface area contributed by atoms with Crippen molar-refractivity contribution in [3.8, 4) is 11.3 Å². The molecule has 0 saturated carbocycles. The maximum atomic E-state index is 10.6. The highest BCUT2D eigenvalue weighted by Crippen LogP contribution is 2.22. The minimum atomic E-state index is -0.833. The van der Waals surface area contributed by atoms with Crippen molar-refractivity contribution in [2.24, 2.45) is 0 Å². The summed E-state index contributed by atoms with van der Waals surface area (Å²) >= 11 is 3.43. The van der Waals surface area contributed by atoms with E-state index in [1.165, 1.54) is 0 Å². The third-order valence-electron chi connectivity index (χ3n) is 2.77. The van der Waals surface area contributed by atoms with Gasteiger partial charge in [-0.1, -0.05) is 28.1 Å². The molecule has 0 aliphatic heterocycles. The molecular weight excluding hydrogens is 322 g/mol. The van der Waals surface area contributed by atoms with E-state index < -0.39 is 5.97 Å². The summed E-state index contributed by atoms with van der Waals surface area (Å²) < 4.78 is 0.981. The lowest BCUT2D eigenvalue weighted by Crippen LogP contribution is -2.23. The standard InChI is InChI=1S/C14H14BrN3O2/c1-18(8-6-13(19)20)14-16-7-5-12(17-14)10-3-2-4-11(15)9-10/h2-5,7,9H,6,8H2,1H3,(H,19,20). The number of anilines is 1. The van der Waals surface area contributed by atoms with E-state index in [-0.39, 0.29) is 6.42 Å². The molecule has 1 aromatic heterocycles. The van der Waals surface area contributed by atoms with Crippen LogP contribution in [-0.4, -0.2) is 34.6 Å². The molecule has 1 aromatic carbocycles. The van der Waals surface area contributed by atoms with Crippen molar-refractivity contribution in [3.63, 3.8) is 0 Å². The Hall–Kier alpha value is -1.95. The first-order chi connectivity index (χ1) is 9.56. The van der Waals surface area contributed by atoms with E-state index in [9.17, 15) is 4.79 Å². The molecule has 0 saturated heterocycles. The molecule has 0 aliphatic carbocycles. The third-order valence-corrected chi connectivity index (χ3v) is 3.26. The fraction of sp³-hybridized carbons (Fsp3) is 0.214. The molecule has 1 N–H and O–H groups in total. The number of aliphatic carboxylic acids is 1. The SMILES string of the molecule is CN(CCC(=O)O)c1nccc(-c2cccc(Br)c2)n1. The van der Waals surface area contributed by atoms with Crippen LogP contribution in [0.4, 0.5) is 5.95 Å². The number of carbonyl (C=O) groups is 1. The predicted molar refractivity (Wildman–Crippen MR) is 80.7 cm³/mol. The van der Waals surface area contributed by atoms with Crippen molar-refractivity contribution >= 4 is 27.8 Å². The highest BCUT2D eigenvalue weighted by Gasteiger charge is 2.08.